The second-order valence-corrected chi connectivity index (χ2v) is 4.37. The molecule has 2 heterocycles. The molecule has 0 aromatic carbocycles. The van der Waals surface area contributed by atoms with Crippen LogP contribution in [-0.4, -0.2) is 26.8 Å². The average Bonchev–Trinajstić information content (AvgIpc) is 2.64. The molecular formula is C11H13F3N2O2. The lowest BCUT2D eigenvalue weighted by Crippen LogP contribution is -2.32. The summed E-state index contributed by atoms with van der Waals surface area (Å²) < 4.78 is 39.3. The van der Waals surface area contributed by atoms with Gasteiger partial charge in [-0.05, 0) is 12.8 Å². The smallest absolute Gasteiger partial charge is 0.392 e. The molecule has 2 rings (SSSR count). The number of aromatic nitrogens is 2. The lowest BCUT2D eigenvalue weighted by Gasteiger charge is -2.25. The maximum Gasteiger partial charge on any atom is 0.392 e. The van der Waals surface area contributed by atoms with E-state index in [0.29, 0.717) is 12.1 Å². The normalized spacial score (nSPS) is 19.7. The van der Waals surface area contributed by atoms with Crippen molar-refractivity contribution in [2.45, 2.75) is 38.9 Å². The highest BCUT2D eigenvalue weighted by Gasteiger charge is 2.42. The number of carbonyl (C=O) groups is 1. The number of aryl methyl sites for hydroxylation is 1. The van der Waals surface area contributed by atoms with Crippen LogP contribution in [0.4, 0.5) is 13.2 Å². The first kappa shape index (κ1) is 12.9. The minimum atomic E-state index is -4.24. The van der Waals surface area contributed by atoms with Gasteiger partial charge in [0.1, 0.15) is 5.82 Å². The van der Waals surface area contributed by atoms with Gasteiger partial charge < -0.3 is 9.67 Å². The number of aromatic carboxylic acids is 1. The Kier molecular flexibility index (Phi) is 3.08. The third kappa shape index (κ3) is 2.09. The number of rotatable bonds is 2. The molecule has 0 saturated heterocycles. The topological polar surface area (TPSA) is 55.1 Å². The molecule has 7 heteroatoms. The minimum absolute atomic E-state index is 0.0353. The molecule has 1 aliphatic heterocycles. The van der Waals surface area contributed by atoms with Crippen molar-refractivity contribution in [1.29, 1.82) is 0 Å². The fourth-order valence-corrected chi connectivity index (χ4v) is 2.32. The second kappa shape index (κ2) is 4.29. The molecule has 0 amide bonds. The number of carboxylic acid groups (broad SMARTS) is 1. The first-order valence-electron chi connectivity index (χ1n) is 5.72. The maximum atomic E-state index is 12.6. The van der Waals surface area contributed by atoms with Gasteiger partial charge in [-0.25, -0.2) is 9.78 Å². The van der Waals surface area contributed by atoms with Crippen LogP contribution in [0.15, 0.2) is 0 Å². The molecule has 1 aliphatic rings. The predicted octanol–water partition coefficient (Wildman–Crippen LogP) is 2.27. The van der Waals surface area contributed by atoms with Gasteiger partial charge in [0.05, 0.1) is 11.6 Å². The Bertz CT molecular complexity index is 479. The van der Waals surface area contributed by atoms with E-state index in [1.54, 1.807) is 6.92 Å². The molecule has 1 N–H and O–H groups in total. The summed E-state index contributed by atoms with van der Waals surface area (Å²) in [7, 11) is 0. The van der Waals surface area contributed by atoms with E-state index in [-0.39, 0.29) is 30.9 Å². The molecule has 1 aromatic rings. The first-order valence-corrected chi connectivity index (χ1v) is 5.72. The number of hydrogen-bond donors (Lipinski definition) is 1. The average molecular weight is 262 g/mol. The van der Waals surface area contributed by atoms with Crippen LogP contribution in [0, 0.1) is 5.92 Å². The lowest BCUT2D eigenvalue weighted by molar-refractivity contribution is -0.179. The Morgan fingerprint density at radius 2 is 2.22 bits per heavy atom. The number of alkyl halides is 3. The van der Waals surface area contributed by atoms with Crippen molar-refractivity contribution in [1.82, 2.24) is 9.55 Å². The van der Waals surface area contributed by atoms with E-state index >= 15 is 0 Å². The fraction of sp³-hybridized carbons (Fsp3) is 0.636. The van der Waals surface area contributed by atoms with Crippen molar-refractivity contribution >= 4 is 5.97 Å². The van der Waals surface area contributed by atoms with E-state index in [9.17, 15) is 18.0 Å². The molecule has 0 bridgehead atoms. The summed E-state index contributed by atoms with van der Waals surface area (Å²) >= 11 is 0. The summed E-state index contributed by atoms with van der Waals surface area (Å²) in [6, 6.07) is 0. The Morgan fingerprint density at radius 1 is 1.56 bits per heavy atom. The van der Waals surface area contributed by atoms with E-state index < -0.39 is 18.1 Å². The van der Waals surface area contributed by atoms with Crippen LogP contribution in [-0.2, 0) is 19.4 Å². The van der Waals surface area contributed by atoms with Gasteiger partial charge in [0.25, 0.3) is 0 Å². The summed E-state index contributed by atoms with van der Waals surface area (Å²) in [5.41, 5.74) is 0.397. The van der Waals surface area contributed by atoms with Crippen LogP contribution >= 0.6 is 0 Å². The number of imidazole rings is 1. The van der Waals surface area contributed by atoms with Crippen LogP contribution in [0.3, 0.4) is 0 Å². The number of fused-ring (bicyclic) bond motifs is 1. The Balaban J connectivity index is 2.38. The summed E-state index contributed by atoms with van der Waals surface area (Å²) in [6.07, 6.45) is -4.16. The van der Waals surface area contributed by atoms with Crippen molar-refractivity contribution in [3.63, 3.8) is 0 Å². The molecule has 1 aromatic heterocycles. The van der Waals surface area contributed by atoms with E-state index in [4.69, 9.17) is 5.11 Å². The second-order valence-electron chi connectivity index (χ2n) is 4.37. The van der Waals surface area contributed by atoms with Gasteiger partial charge in [-0.1, -0.05) is 6.92 Å². The summed E-state index contributed by atoms with van der Waals surface area (Å²) in [5, 5.41) is 9.08. The molecular weight excluding hydrogens is 249 g/mol. The van der Waals surface area contributed by atoms with Crippen molar-refractivity contribution in [3.05, 3.63) is 17.2 Å². The zero-order valence-electron chi connectivity index (χ0n) is 9.79. The monoisotopic (exact) mass is 262 g/mol. The SMILES string of the molecule is CCc1nc2n(c1C(=O)O)CC[C@H](C(F)(F)F)C2. The largest absolute Gasteiger partial charge is 0.477 e. The molecule has 0 saturated carbocycles. The predicted molar refractivity (Wildman–Crippen MR) is 56.4 cm³/mol. The van der Waals surface area contributed by atoms with E-state index in [0.717, 1.165) is 0 Å². The quantitative estimate of drug-likeness (QED) is 0.889. The zero-order chi connectivity index (χ0) is 13.5. The first-order chi connectivity index (χ1) is 8.34. The highest BCUT2D eigenvalue weighted by molar-refractivity contribution is 5.87. The van der Waals surface area contributed by atoms with Crippen LogP contribution in [0.25, 0.3) is 0 Å². The molecule has 0 aliphatic carbocycles. The van der Waals surface area contributed by atoms with E-state index in [1.807, 2.05) is 0 Å². The van der Waals surface area contributed by atoms with Gasteiger partial charge in [0, 0.05) is 13.0 Å². The number of carboxylic acids is 1. The van der Waals surface area contributed by atoms with Crippen molar-refractivity contribution in [3.8, 4) is 0 Å². The van der Waals surface area contributed by atoms with Crippen LogP contribution in [0.2, 0.25) is 0 Å². The Hall–Kier alpha value is -1.53. The Labute approximate surface area is 101 Å². The van der Waals surface area contributed by atoms with E-state index in [2.05, 4.69) is 4.98 Å². The zero-order valence-corrected chi connectivity index (χ0v) is 9.79. The van der Waals surface area contributed by atoms with Crippen LogP contribution in [0.5, 0.6) is 0 Å². The van der Waals surface area contributed by atoms with Crippen LogP contribution < -0.4 is 0 Å². The Morgan fingerprint density at radius 3 is 2.72 bits per heavy atom. The summed E-state index contributed by atoms with van der Waals surface area (Å²) in [4.78, 5) is 15.1. The minimum Gasteiger partial charge on any atom is -0.477 e. The van der Waals surface area contributed by atoms with Gasteiger partial charge in [-0.3, -0.25) is 0 Å². The molecule has 1 atom stereocenters. The van der Waals surface area contributed by atoms with Gasteiger partial charge in [-0.2, -0.15) is 13.2 Å². The van der Waals surface area contributed by atoms with Crippen molar-refractivity contribution in [2.75, 3.05) is 0 Å². The maximum absolute atomic E-state index is 12.6. The van der Waals surface area contributed by atoms with Gasteiger partial charge in [0.15, 0.2) is 5.69 Å². The molecule has 0 unspecified atom stereocenters. The number of nitrogens with zero attached hydrogens (tertiary/aromatic N) is 2. The third-order valence-corrected chi connectivity index (χ3v) is 3.25. The number of hydrogen-bond acceptors (Lipinski definition) is 2. The van der Waals surface area contributed by atoms with Gasteiger partial charge in [-0.15, -0.1) is 0 Å². The molecule has 0 fully saturated rings. The molecule has 18 heavy (non-hydrogen) atoms. The molecule has 0 spiro atoms. The summed E-state index contributed by atoms with van der Waals surface area (Å²) in [5.74, 6) is -2.31. The lowest BCUT2D eigenvalue weighted by atomic mass is 9.97. The third-order valence-electron chi connectivity index (χ3n) is 3.25. The van der Waals surface area contributed by atoms with Gasteiger partial charge in [0.2, 0.25) is 0 Å². The molecule has 0 radical (unpaired) electrons. The van der Waals surface area contributed by atoms with Gasteiger partial charge >= 0.3 is 12.1 Å². The highest BCUT2D eigenvalue weighted by Crippen LogP contribution is 2.35. The fourth-order valence-electron chi connectivity index (χ4n) is 2.32. The van der Waals surface area contributed by atoms with E-state index in [1.165, 1.54) is 4.57 Å². The highest BCUT2D eigenvalue weighted by atomic mass is 19.4. The standard InChI is InChI=1S/C11H13F3N2O2/c1-2-7-9(10(17)18)16-4-3-6(11(12,13)14)5-8(16)15-7/h6H,2-5H2,1H3,(H,17,18)/t6-/m0/s1. The van der Waals surface area contributed by atoms with Crippen molar-refractivity contribution < 1.29 is 23.1 Å². The van der Waals surface area contributed by atoms with Crippen molar-refractivity contribution in [2.24, 2.45) is 5.92 Å². The summed E-state index contributed by atoms with van der Waals surface area (Å²) in [6.45, 7) is 1.80. The molecule has 4 nitrogen and oxygen atoms in total. The van der Waals surface area contributed by atoms with Crippen LogP contribution in [0.1, 0.15) is 35.4 Å². The number of halogens is 3. The molecule has 100 valence electrons.